The second-order valence-corrected chi connectivity index (χ2v) is 6.45. The van der Waals surface area contributed by atoms with Crippen LogP contribution in [0.4, 0.5) is 0 Å². The molecule has 2 saturated heterocycles. The van der Waals surface area contributed by atoms with Gasteiger partial charge in [-0.05, 0) is 63.4 Å². The molecule has 4 nitrogen and oxygen atoms in total. The average Bonchev–Trinajstić information content (AvgIpc) is 2.80. The summed E-state index contributed by atoms with van der Waals surface area (Å²) < 4.78 is 5.78. The molecule has 4 heteroatoms. The highest BCUT2D eigenvalue weighted by atomic mass is 16.5. The number of rotatable bonds is 4. The van der Waals surface area contributed by atoms with Crippen LogP contribution in [-0.2, 0) is 0 Å². The van der Waals surface area contributed by atoms with Crippen LogP contribution in [0.25, 0.3) is 0 Å². The molecule has 1 amide bonds. The molecule has 22 heavy (non-hydrogen) atoms. The van der Waals surface area contributed by atoms with E-state index in [0.29, 0.717) is 12.1 Å². The molecule has 2 heterocycles. The van der Waals surface area contributed by atoms with Gasteiger partial charge in [-0.2, -0.15) is 0 Å². The number of hydrogen-bond donors (Lipinski definition) is 1. The molecule has 1 aromatic carbocycles. The van der Waals surface area contributed by atoms with Gasteiger partial charge in [-0.25, -0.2) is 0 Å². The Hall–Kier alpha value is -1.55. The van der Waals surface area contributed by atoms with Gasteiger partial charge >= 0.3 is 0 Å². The largest absolute Gasteiger partial charge is 0.491 e. The maximum absolute atomic E-state index is 12.9. The third-order valence-corrected chi connectivity index (χ3v) is 4.90. The highest BCUT2D eigenvalue weighted by molar-refractivity contribution is 5.95. The van der Waals surface area contributed by atoms with E-state index in [1.807, 2.05) is 24.3 Å². The van der Waals surface area contributed by atoms with E-state index in [1.54, 1.807) is 0 Å². The van der Waals surface area contributed by atoms with E-state index in [2.05, 4.69) is 24.1 Å². The smallest absolute Gasteiger partial charge is 0.254 e. The van der Waals surface area contributed by atoms with Crippen LogP contribution in [0.1, 0.15) is 49.9 Å². The second kappa shape index (κ2) is 6.69. The van der Waals surface area contributed by atoms with Crippen molar-refractivity contribution in [3.8, 4) is 5.75 Å². The van der Waals surface area contributed by atoms with Crippen molar-refractivity contribution in [3.05, 3.63) is 29.8 Å². The number of carbonyl (C=O) groups excluding carboxylic acids is 1. The van der Waals surface area contributed by atoms with Crippen molar-refractivity contribution in [1.29, 1.82) is 0 Å². The lowest BCUT2D eigenvalue weighted by molar-refractivity contribution is 0.0680. The molecular formula is C18H26N2O2. The van der Waals surface area contributed by atoms with Gasteiger partial charge in [0.1, 0.15) is 5.75 Å². The number of amides is 1. The number of hydrogen-bond acceptors (Lipinski definition) is 3. The van der Waals surface area contributed by atoms with Gasteiger partial charge in [-0.15, -0.1) is 0 Å². The Morgan fingerprint density at radius 2 is 2.00 bits per heavy atom. The fraction of sp³-hybridized carbons (Fsp3) is 0.611. The lowest BCUT2D eigenvalue weighted by Crippen LogP contribution is -2.42. The SMILES string of the molecule is CCC(C)Oc1ccc(C(=O)N2C3CCNCC2CC3)cc1. The van der Waals surface area contributed by atoms with E-state index in [1.165, 1.54) is 0 Å². The van der Waals surface area contributed by atoms with Crippen LogP contribution in [-0.4, -0.2) is 42.1 Å². The number of benzene rings is 1. The fourth-order valence-electron chi connectivity index (χ4n) is 3.45. The van der Waals surface area contributed by atoms with Crippen molar-refractivity contribution in [3.63, 3.8) is 0 Å². The zero-order valence-electron chi connectivity index (χ0n) is 13.5. The van der Waals surface area contributed by atoms with E-state index in [-0.39, 0.29) is 12.0 Å². The van der Waals surface area contributed by atoms with Gasteiger partial charge < -0.3 is 15.0 Å². The van der Waals surface area contributed by atoms with Crippen molar-refractivity contribution in [2.75, 3.05) is 13.1 Å². The third kappa shape index (κ3) is 3.12. The van der Waals surface area contributed by atoms with Crippen molar-refractivity contribution in [2.45, 2.75) is 57.7 Å². The number of nitrogens with zero attached hydrogens (tertiary/aromatic N) is 1. The molecule has 1 aromatic rings. The standard InChI is InChI=1S/C18H26N2O2/c1-3-13(2)22-17-8-4-14(5-9-17)18(21)20-15-6-7-16(20)12-19-11-10-15/h4-5,8-9,13,15-16,19H,3,6-7,10-12H2,1-2H3. The highest BCUT2D eigenvalue weighted by Gasteiger charge is 2.38. The Kier molecular flexibility index (Phi) is 4.67. The zero-order valence-corrected chi connectivity index (χ0v) is 13.5. The summed E-state index contributed by atoms with van der Waals surface area (Å²) in [5, 5.41) is 3.44. The number of nitrogens with one attached hydrogen (secondary N) is 1. The monoisotopic (exact) mass is 302 g/mol. The Labute approximate surface area is 132 Å². The fourth-order valence-corrected chi connectivity index (χ4v) is 3.45. The van der Waals surface area contributed by atoms with Crippen LogP contribution in [0.15, 0.2) is 24.3 Å². The first-order valence-corrected chi connectivity index (χ1v) is 8.49. The van der Waals surface area contributed by atoms with Crippen LogP contribution in [0.3, 0.4) is 0 Å². The molecule has 3 unspecified atom stereocenters. The van der Waals surface area contributed by atoms with Gasteiger partial charge in [0.15, 0.2) is 0 Å². The van der Waals surface area contributed by atoms with Gasteiger partial charge in [-0.1, -0.05) is 6.92 Å². The van der Waals surface area contributed by atoms with E-state index in [4.69, 9.17) is 4.74 Å². The van der Waals surface area contributed by atoms with Crippen LogP contribution >= 0.6 is 0 Å². The van der Waals surface area contributed by atoms with Crippen molar-refractivity contribution in [1.82, 2.24) is 10.2 Å². The molecule has 3 atom stereocenters. The molecule has 0 saturated carbocycles. The first kappa shape index (κ1) is 15.3. The van der Waals surface area contributed by atoms with Crippen molar-refractivity contribution < 1.29 is 9.53 Å². The Balaban J connectivity index is 1.72. The first-order valence-electron chi connectivity index (χ1n) is 8.49. The first-order chi connectivity index (χ1) is 10.7. The Morgan fingerprint density at radius 1 is 1.27 bits per heavy atom. The van der Waals surface area contributed by atoms with Gasteiger partial charge in [0.25, 0.3) is 5.91 Å². The minimum atomic E-state index is 0.172. The van der Waals surface area contributed by atoms with Crippen molar-refractivity contribution in [2.24, 2.45) is 0 Å². The summed E-state index contributed by atoms with van der Waals surface area (Å²) in [7, 11) is 0. The summed E-state index contributed by atoms with van der Waals surface area (Å²) in [4.78, 5) is 15.0. The Bertz CT molecular complexity index is 500. The molecule has 2 fully saturated rings. The van der Waals surface area contributed by atoms with Gasteiger partial charge in [0.05, 0.1) is 6.10 Å². The van der Waals surface area contributed by atoms with Crippen LogP contribution in [0, 0.1) is 0 Å². The van der Waals surface area contributed by atoms with Gasteiger partial charge in [0, 0.05) is 24.2 Å². The molecule has 0 aromatic heterocycles. The predicted molar refractivity (Wildman–Crippen MR) is 87.3 cm³/mol. The van der Waals surface area contributed by atoms with E-state index in [9.17, 15) is 4.79 Å². The topological polar surface area (TPSA) is 41.6 Å². The quantitative estimate of drug-likeness (QED) is 0.930. The maximum atomic E-state index is 12.9. The summed E-state index contributed by atoms with van der Waals surface area (Å²) >= 11 is 0. The molecule has 3 rings (SSSR count). The summed E-state index contributed by atoms with van der Waals surface area (Å²) in [5.41, 5.74) is 0.773. The Morgan fingerprint density at radius 3 is 2.73 bits per heavy atom. The molecule has 2 aliphatic heterocycles. The summed E-state index contributed by atoms with van der Waals surface area (Å²) in [6.45, 7) is 6.11. The van der Waals surface area contributed by atoms with Gasteiger partial charge in [0.2, 0.25) is 0 Å². The number of ether oxygens (including phenoxy) is 1. The molecule has 2 aliphatic rings. The highest BCUT2D eigenvalue weighted by Crippen LogP contribution is 2.30. The maximum Gasteiger partial charge on any atom is 0.254 e. The van der Waals surface area contributed by atoms with Gasteiger partial charge in [-0.3, -0.25) is 4.79 Å². The molecule has 0 aliphatic carbocycles. The van der Waals surface area contributed by atoms with E-state index in [0.717, 1.165) is 50.1 Å². The molecule has 1 N–H and O–H groups in total. The van der Waals surface area contributed by atoms with Crippen LogP contribution in [0.2, 0.25) is 0 Å². The average molecular weight is 302 g/mol. The normalized spacial score (nSPS) is 25.6. The zero-order chi connectivity index (χ0) is 15.5. The van der Waals surface area contributed by atoms with Crippen LogP contribution < -0.4 is 10.1 Å². The lowest BCUT2D eigenvalue weighted by Gasteiger charge is -2.28. The minimum Gasteiger partial charge on any atom is -0.491 e. The summed E-state index contributed by atoms with van der Waals surface area (Å²) in [6, 6.07) is 8.39. The molecule has 0 radical (unpaired) electrons. The minimum absolute atomic E-state index is 0.172. The van der Waals surface area contributed by atoms with E-state index >= 15 is 0 Å². The predicted octanol–water partition coefficient (Wildman–Crippen LogP) is 2.83. The summed E-state index contributed by atoms with van der Waals surface area (Å²) in [6.07, 6.45) is 4.52. The second-order valence-electron chi connectivity index (χ2n) is 6.45. The molecule has 2 bridgehead atoms. The molecule has 120 valence electrons. The van der Waals surface area contributed by atoms with E-state index < -0.39 is 0 Å². The number of carbonyl (C=O) groups is 1. The van der Waals surface area contributed by atoms with Crippen molar-refractivity contribution >= 4 is 5.91 Å². The lowest BCUT2D eigenvalue weighted by atomic mass is 10.1. The molecule has 0 spiro atoms. The molecular weight excluding hydrogens is 276 g/mol. The summed E-state index contributed by atoms with van der Waals surface area (Å²) in [5.74, 6) is 1.01. The number of fused-ring (bicyclic) bond motifs is 2. The van der Waals surface area contributed by atoms with Crippen LogP contribution in [0.5, 0.6) is 5.75 Å². The third-order valence-electron chi connectivity index (χ3n) is 4.90.